The van der Waals surface area contributed by atoms with Crippen LogP contribution in [0.1, 0.15) is 61.6 Å². The number of aromatic amines is 1. The smallest absolute Gasteiger partial charge is 0.304 e. The van der Waals surface area contributed by atoms with Gasteiger partial charge in [-0.15, -0.1) is 0 Å². The molecule has 4 aromatic rings. The minimum Gasteiger partial charge on any atom is -0.497 e. The maximum absolute atomic E-state index is 13.5. The molecular formula is C37H45N3O5. The number of nitrogens with one attached hydrogen (secondary N) is 3. The van der Waals surface area contributed by atoms with Crippen LogP contribution in [0.3, 0.4) is 0 Å². The molecule has 4 rings (SSSR count). The summed E-state index contributed by atoms with van der Waals surface area (Å²) in [5, 5.41) is 16.5. The number of aromatic nitrogens is 1. The molecule has 0 bridgehead atoms. The van der Waals surface area contributed by atoms with E-state index in [9.17, 15) is 19.5 Å². The molecular weight excluding hydrogens is 566 g/mol. The lowest BCUT2D eigenvalue weighted by Gasteiger charge is -2.22. The fraction of sp³-hybridized carbons (Fsp3) is 0.378. The molecule has 2 amide bonds. The molecule has 0 saturated heterocycles. The van der Waals surface area contributed by atoms with Crippen molar-refractivity contribution in [1.82, 2.24) is 15.6 Å². The van der Waals surface area contributed by atoms with Crippen molar-refractivity contribution < 1.29 is 24.2 Å². The Morgan fingerprint density at radius 3 is 2.24 bits per heavy atom. The number of carboxylic acid groups (broad SMARTS) is 1. The lowest BCUT2D eigenvalue weighted by molar-refractivity contribution is -0.141. The van der Waals surface area contributed by atoms with Crippen molar-refractivity contribution in [3.63, 3.8) is 0 Å². The fourth-order valence-corrected chi connectivity index (χ4v) is 5.70. The predicted molar refractivity (Wildman–Crippen MR) is 177 cm³/mol. The van der Waals surface area contributed by atoms with E-state index in [1.807, 2.05) is 72.9 Å². The maximum Gasteiger partial charge on any atom is 0.304 e. The van der Waals surface area contributed by atoms with Gasteiger partial charge in [-0.1, -0.05) is 86.3 Å². The number of benzene rings is 3. The van der Waals surface area contributed by atoms with Crippen molar-refractivity contribution in [2.75, 3.05) is 13.7 Å². The Morgan fingerprint density at radius 1 is 0.800 bits per heavy atom. The lowest BCUT2D eigenvalue weighted by atomic mass is 9.95. The summed E-state index contributed by atoms with van der Waals surface area (Å²) in [5.41, 5.74) is 4.26. The number of carbonyl (C=O) groups is 3. The van der Waals surface area contributed by atoms with Crippen molar-refractivity contribution in [2.24, 2.45) is 5.92 Å². The Morgan fingerprint density at radius 2 is 1.49 bits per heavy atom. The van der Waals surface area contributed by atoms with E-state index in [2.05, 4.69) is 27.8 Å². The number of carboxylic acids is 1. The number of carbonyl (C=O) groups excluding carboxylic acids is 2. The monoisotopic (exact) mass is 611 g/mol. The molecule has 0 aliphatic heterocycles. The Labute approximate surface area is 265 Å². The van der Waals surface area contributed by atoms with E-state index < -0.39 is 17.9 Å². The van der Waals surface area contributed by atoms with Gasteiger partial charge in [0.15, 0.2) is 0 Å². The second kappa shape index (κ2) is 17.6. The molecule has 3 aromatic carbocycles. The molecule has 0 unspecified atom stereocenters. The van der Waals surface area contributed by atoms with Crippen LogP contribution >= 0.6 is 0 Å². The zero-order valence-corrected chi connectivity index (χ0v) is 26.1. The minimum atomic E-state index is -1.02. The van der Waals surface area contributed by atoms with Gasteiger partial charge in [0, 0.05) is 36.0 Å². The molecule has 0 aliphatic rings. The molecule has 8 heteroatoms. The lowest BCUT2D eigenvalue weighted by Crippen LogP contribution is -2.50. The number of methoxy groups -OCH3 is 1. The Balaban J connectivity index is 1.31. The van der Waals surface area contributed by atoms with E-state index in [-0.39, 0.29) is 18.2 Å². The summed E-state index contributed by atoms with van der Waals surface area (Å²) >= 11 is 0. The first-order valence-electron chi connectivity index (χ1n) is 15.9. The summed E-state index contributed by atoms with van der Waals surface area (Å²) in [6.45, 7) is 0.431. The van der Waals surface area contributed by atoms with Gasteiger partial charge in [0.25, 0.3) is 0 Å². The first-order valence-corrected chi connectivity index (χ1v) is 15.9. The highest BCUT2D eigenvalue weighted by atomic mass is 16.5. The molecule has 0 aliphatic carbocycles. The predicted octanol–water partition coefficient (Wildman–Crippen LogP) is 6.24. The SMILES string of the molecule is COc1ccc(CCCCCCC[C@H](CC(=O)O)C(=O)N[C@@H](Cc2c[nH]c3ccccc23)C(=O)NCCc2ccccc2)cc1. The number of aryl methyl sites for hydroxylation is 1. The Kier molecular flexibility index (Phi) is 13.1. The molecule has 0 saturated carbocycles. The maximum atomic E-state index is 13.5. The highest BCUT2D eigenvalue weighted by Gasteiger charge is 2.28. The summed E-state index contributed by atoms with van der Waals surface area (Å²) < 4.78 is 5.22. The zero-order chi connectivity index (χ0) is 31.9. The van der Waals surface area contributed by atoms with E-state index in [1.54, 1.807) is 7.11 Å². The third-order valence-corrected chi connectivity index (χ3v) is 8.26. The van der Waals surface area contributed by atoms with E-state index in [1.165, 1.54) is 5.56 Å². The van der Waals surface area contributed by atoms with Gasteiger partial charge < -0.3 is 25.5 Å². The van der Waals surface area contributed by atoms with Crippen molar-refractivity contribution >= 4 is 28.7 Å². The molecule has 2 atom stereocenters. The van der Waals surface area contributed by atoms with Gasteiger partial charge in [0.2, 0.25) is 11.8 Å². The third-order valence-electron chi connectivity index (χ3n) is 8.26. The van der Waals surface area contributed by atoms with Gasteiger partial charge in [-0.3, -0.25) is 14.4 Å². The van der Waals surface area contributed by atoms with E-state index in [4.69, 9.17) is 4.74 Å². The summed E-state index contributed by atoms with van der Waals surface area (Å²) in [6, 6.07) is 25.0. The van der Waals surface area contributed by atoms with Crippen LogP contribution in [0, 0.1) is 5.92 Å². The van der Waals surface area contributed by atoms with Crippen LogP contribution in [0.4, 0.5) is 0 Å². The van der Waals surface area contributed by atoms with Crippen molar-refractivity contribution in [2.45, 2.75) is 70.3 Å². The molecule has 4 N–H and O–H groups in total. The summed E-state index contributed by atoms with van der Waals surface area (Å²) in [5.74, 6) is -1.54. The van der Waals surface area contributed by atoms with Crippen LogP contribution in [0.15, 0.2) is 85.1 Å². The third kappa shape index (κ3) is 10.8. The quantitative estimate of drug-likeness (QED) is 0.0937. The number of unbranched alkanes of at least 4 members (excludes halogenated alkanes) is 4. The highest BCUT2D eigenvalue weighted by molar-refractivity contribution is 5.91. The van der Waals surface area contributed by atoms with Crippen LogP contribution in [0.2, 0.25) is 0 Å². The van der Waals surface area contributed by atoms with Crippen molar-refractivity contribution in [3.05, 3.63) is 102 Å². The first-order chi connectivity index (χ1) is 21.9. The van der Waals surface area contributed by atoms with E-state index >= 15 is 0 Å². The molecule has 1 aromatic heterocycles. The average molecular weight is 612 g/mol. The highest BCUT2D eigenvalue weighted by Crippen LogP contribution is 2.21. The summed E-state index contributed by atoms with van der Waals surface area (Å²) in [7, 11) is 1.66. The van der Waals surface area contributed by atoms with Crippen molar-refractivity contribution in [3.8, 4) is 5.75 Å². The van der Waals surface area contributed by atoms with E-state index in [0.29, 0.717) is 25.8 Å². The van der Waals surface area contributed by atoms with Crippen LogP contribution in [0.25, 0.3) is 10.9 Å². The number of para-hydroxylation sites is 1. The first kappa shape index (κ1) is 33.3. The molecule has 0 radical (unpaired) electrons. The number of ether oxygens (including phenoxy) is 1. The van der Waals surface area contributed by atoms with Gasteiger partial charge in [-0.2, -0.15) is 0 Å². The number of amides is 2. The topological polar surface area (TPSA) is 121 Å². The number of hydrogen-bond donors (Lipinski definition) is 4. The van der Waals surface area contributed by atoms with Gasteiger partial charge >= 0.3 is 5.97 Å². The molecule has 1 heterocycles. The van der Waals surface area contributed by atoms with Crippen LogP contribution < -0.4 is 15.4 Å². The number of aliphatic carboxylic acids is 1. The number of H-pyrrole nitrogens is 1. The molecule has 238 valence electrons. The summed E-state index contributed by atoms with van der Waals surface area (Å²) in [4.78, 5) is 41.8. The standard InChI is InChI=1S/C37H45N3O5/c1-45-31-20-18-28(19-21-31)14-6-3-2-4-9-15-29(25-35(41)42)36(43)40-34(24-30-26-39-33-17-11-10-16-32(30)33)37(44)38-23-22-27-12-7-5-8-13-27/h5,7-8,10-13,16-21,26,29,34,39H,2-4,6,9,14-15,22-25H2,1H3,(H,38,44)(H,40,43)(H,41,42)/t29-,34+/m1/s1. The normalized spacial score (nSPS) is 12.4. The molecule has 45 heavy (non-hydrogen) atoms. The fourth-order valence-electron chi connectivity index (χ4n) is 5.70. The van der Waals surface area contributed by atoms with Crippen LogP contribution in [-0.4, -0.2) is 47.6 Å². The van der Waals surface area contributed by atoms with E-state index in [0.717, 1.165) is 66.3 Å². The van der Waals surface area contributed by atoms with Crippen LogP contribution in [0.5, 0.6) is 5.75 Å². The average Bonchev–Trinajstić information content (AvgIpc) is 3.46. The van der Waals surface area contributed by atoms with Gasteiger partial charge in [-0.25, -0.2) is 0 Å². The largest absolute Gasteiger partial charge is 0.497 e. The number of hydrogen-bond acceptors (Lipinski definition) is 4. The van der Waals surface area contributed by atoms with Gasteiger partial charge in [-0.05, 0) is 60.6 Å². The number of fused-ring (bicyclic) bond motifs is 1. The Bertz CT molecular complexity index is 1500. The second-order valence-corrected chi connectivity index (χ2v) is 11.6. The zero-order valence-electron chi connectivity index (χ0n) is 26.1. The Hall–Kier alpha value is -4.59. The molecule has 0 fully saturated rings. The van der Waals surface area contributed by atoms with Crippen molar-refractivity contribution in [1.29, 1.82) is 0 Å². The summed E-state index contributed by atoms with van der Waals surface area (Å²) in [6.07, 6.45) is 8.86. The molecule has 0 spiro atoms. The second-order valence-electron chi connectivity index (χ2n) is 11.6. The molecule has 8 nitrogen and oxygen atoms in total. The van der Waals surface area contributed by atoms with Gasteiger partial charge in [0.1, 0.15) is 11.8 Å². The minimum absolute atomic E-state index is 0.265. The number of rotatable bonds is 19. The van der Waals surface area contributed by atoms with Gasteiger partial charge in [0.05, 0.1) is 13.5 Å². The van der Waals surface area contributed by atoms with Crippen LogP contribution in [-0.2, 0) is 33.6 Å².